The molecule has 1 aliphatic rings. The molecule has 146 valence electrons. The Morgan fingerprint density at radius 1 is 1.25 bits per heavy atom. The molecule has 8 heteroatoms. The molecule has 2 aromatic carbocycles. The molecule has 0 aliphatic carbocycles. The molecule has 5 nitrogen and oxygen atoms in total. The minimum Gasteiger partial charge on any atom is -0.493 e. The Balaban J connectivity index is 1.69. The maximum atomic E-state index is 12.5. The van der Waals surface area contributed by atoms with E-state index in [1.165, 1.54) is 31.4 Å². The minimum absolute atomic E-state index is 0.135. The van der Waals surface area contributed by atoms with Crippen molar-refractivity contribution < 1.29 is 27.8 Å². The van der Waals surface area contributed by atoms with Gasteiger partial charge in [0.2, 0.25) is 5.91 Å². The molecule has 0 fully saturated rings. The molecular weight excluding hydrogens is 392 g/mol. The van der Waals surface area contributed by atoms with Gasteiger partial charge in [-0.05, 0) is 42.0 Å². The average Bonchev–Trinajstić information content (AvgIpc) is 2.66. The molecule has 2 aromatic rings. The van der Waals surface area contributed by atoms with E-state index in [0.717, 1.165) is 16.9 Å². The van der Waals surface area contributed by atoms with Crippen molar-refractivity contribution in [2.75, 3.05) is 19.0 Å². The van der Waals surface area contributed by atoms with Crippen LogP contribution < -0.4 is 19.5 Å². The summed E-state index contributed by atoms with van der Waals surface area (Å²) in [6, 6.07) is 9.50. The molecule has 1 amide bonds. The molecule has 0 bridgehead atoms. The predicted molar refractivity (Wildman–Crippen MR) is 102 cm³/mol. The van der Waals surface area contributed by atoms with E-state index < -0.39 is 12.5 Å². The van der Waals surface area contributed by atoms with Crippen molar-refractivity contribution in [1.29, 1.82) is 0 Å². The van der Waals surface area contributed by atoms with E-state index >= 15 is 0 Å². The summed E-state index contributed by atoms with van der Waals surface area (Å²) >= 11 is 5.97. The largest absolute Gasteiger partial charge is 0.493 e. The number of hydrogen-bond acceptors (Lipinski definition) is 4. The second-order valence-electron chi connectivity index (χ2n) is 5.76. The lowest BCUT2D eigenvalue weighted by molar-refractivity contribution is -0.111. The molecule has 0 unspecified atom stereocenters. The number of carbonyl (C=O) groups excluding carboxylic acids is 1. The number of anilines is 1. The first kappa shape index (κ1) is 19.7. The van der Waals surface area contributed by atoms with E-state index in [2.05, 4.69) is 10.1 Å². The maximum Gasteiger partial charge on any atom is 0.387 e. The Morgan fingerprint density at radius 2 is 2.07 bits per heavy atom. The van der Waals surface area contributed by atoms with Crippen molar-refractivity contribution in [3.05, 3.63) is 64.7 Å². The van der Waals surface area contributed by atoms with Gasteiger partial charge in [-0.3, -0.25) is 4.79 Å². The van der Waals surface area contributed by atoms with E-state index in [-0.39, 0.29) is 17.2 Å². The summed E-state index contributed by atoms with van der Waals surface area (Å²) in [6.45, 7) is -2.69. The van der Waals surface area contributed by atoms with Gasteiger partial charge in [-0.25, -0.2) is 0 Å². The third kappa shape index (κ3) is 5.01. The number of halogens is 3. The highest BCUT2D eigenvalue weighted by Gasteiger charge is 2.13. The van der Waals surface area contributed by atoms with Crippen molar-refractivity contribution in [3.8, 4) is 17.2 Å². The van der Waals surface area contributed by atoms with Crippen LogP contribution in [0.2, 0.25) is 5.02 Å². The van der Waals surface area contributed by atoms with E-state index in [9.17, 15) is 13.6 Å². The first-order valence-corrected chi connectivity index (χ1v) is 8.57. The Labute approximate surface area is 165 Å². The normalized spacial score (nSPS) is 13.0. The lowest BCUT2D eigenvalue weighted by Gasteiger charge is -2.16. The van der Waals surface area contributed by atoms with Gasteiger partial charge in [0.15, 0.2) is 11.5 Å². The number of ether oxygens (including phenoxy) is 3. The highest BCUT2D eigenvalue weighted by atomic mass is 35.5. The second kappa shape index (κ2) is 8.75. The van der Waals surface area contributed by atoms with Crippen LogP contribution >= 0.6 is 11.6 Å². The predicted octanol–water partition coefficient (Wildman–Crippen LogP) is 4.92. The van der Waals surface area contributed by atoms with Gasteiger partial charge in [0, 0.05) is 28.4 Å². The quantitative estimate of drug-likeness (QED) is 0.690. The Bertz CT molecular complexity index is 944. The van der Waals surface area contributed by atoms with Gasteiger partial charge in [-0.1, -0.05) is 17.7 Å². The van der Waals surface area contributed by atoms with Crippen molar-refractivity contribution >= 4 is 29.3 Å². The SMILES string of the molecule is COc1ccc(NC(=O)/C=C/C2=Cc3cc(Cl)ccc3OC2)cc1OC(F)F. The van der Waals surface area contributed by atoms with Crippen molar-refractivity contribution in [3.63, 3.8) is 0 Å². The maximum absolute atomic E-state index is 12.5. The Morgan fingerprint density at radius 3 is 2.82 bits per heavy atom. The van der Waals surface area contributed by atoms with Crippen molar-refractivity contribution in [2.45, 2.75) is 6.61 Å². The monoisotopic (exact) mass is 407 g/mol. The van der Waals surface area contributed by atoms with Gasteiger partial charge in [0.05, 0.1) is 7.11 Å². The number of carbonyl (C=O) groups is 1. The molecule has 0 radical (unpaired) electrons. The summed E-state index contributed by atoms with van der Waals surface area (Å²) in [4.78, 5) is 12.1. The van der Waals surface area contributed by atoms with Crippen LogP contribution in [-0.2, 0) is 4.79 Å². The van der Waals surface area contributed by atoms with Gasteiger partial charge in [-0.15, -0.1) is 0 Å². The van der Waals surface area contributed by atoms with Crippen molar-refractivity contribution in [1.82, 2.24) is 0 Å². The fourth-order valence-electron chi connectivity index (χ4n) is 2.57. The van der Waals surface area contributed by atoms with Crippen LogP contribution in [0.3, 0.4) is 0 Å². The average molecular weight is 408 g/mol. The number of rotatable bonds is 6. The van der Waals surface area contributed by atoms with Crippen LogP contribution in [0.1, 0.15) is 5.56 Å². The minimum atomic E-state index is -3.01. The van der Waals surface area contributed by atoms with Gasteiger partial charge < -0.3 is 19.5 Å². The summed E-state index contributed by atoms with van der Waals surface area (Å²) in [6.07, 6.45) is 4.80. The van der Waals surface area contributed by atoms with E-state index in [4.69, 9.17) is 21.1 Å². The molecule has 1 aliphatic heterocycles. The first-order chi connectivity index (χ1) is 13.4. The zero-order valence-electron chi connectivity index (χ0n) is 14.7. The lowest BCUT2D eigenvalue weighted by Crippen LogP contribution is -2.10. The molecule has 0 saturated carbocycles. The van der Waals surface area contributed by atoms with Crippen LogP contribution in [0.25, 0.3) is 6.08 Å². The number of benzene rings is 2. The summed E-state index contributed by atoms with van der Waals surface area (Å²) < 4.78 is 39.9. The van der Waals surface area contributed by atoms with Crippen molar-refractivity contribution in [2.24, 2.45) is 0 Å². The third-order valence-electron chi connectivity index (χ3n) is 3.80. The number of nitrogens with one attached hydrogen (secondary N) is 1. The molecular formula is C20H16ClF2NO4. The molecule has 3 rings (SSSR count). The zero-order chi connectivity index (χ0) is 20.1. The zero-order valence-corrected chi connectivity index (χ0v) is 15.5. The molecule has 1 N–H and O–H groups in total. The molecule has 0 saturated heterocycles. The first-order valence-electron chi connectivity index (χ1n) is 8.19. The molecule has 0 aromatic heterocycles. The highest BCUT2D eigenvalue weighted by molar-refractivity contribution is 6.30. The van der Waals surface area contributed by atoms with Crippen LogP contribution in [0.5, 0.6) is 17.2 Å². The van der Waals surface area contributed by atoms with E-state index in [1.807, 2.05) is 6.08 Å². The fraction of sp³-hybridized carbons (Fsp3) is 0.150. The summed E-state index contributed by atoms with van der Waals surface area (Å²) in [5.74, 6) is 0.244. The Hall–Kier alpha value is -3.06. The molecule has 28 heavy (non-hydrogen) atoms. The van der Waals surface area contributed by atoms with E-state index in [1.54, 1.807) is 24.3 Å². The fourth-order valence-corrected chi connectivity index (χ4v) is 2.75. The topological polar surface area (TPSA) is 56.8 Å². The smallest absolute Gasteiger partial charge is 0.387 e. The third-order valence-corrected chi connectivity index (χ3v) is 4.04. The summed E-state index contributed by atoms with van der Waals surface area (Å²) in [5, 5.41) is 3.17. The van der Waals surface area contributed by atoms with Gasteiger partial charge in [0.25, 0.3) is 0 Å². The van der Waals surface area contributed by atoms with Crippen LogP contribution in [0.4, 0.5) is 14.5 Å². The van der Waals surface area contributed by atoms with Crippen LogP contribution in [-0.4, -0.2) is 26.2 Å². The number of hydrogen-bond donors (Lipinski definition) is 1. The standard InChI is InChI=1S/C20H16ClF2NO4/c1-26-17-6-4-15(10-18(17)28-20(22)23)24-19(25)7-2-12-8-13-9-14(21)3-5-16(13)27-11-12/h2-10,20H,11H2,1H3,(H,24,25)/b7-2+. The number of alkyl halides is 2. The molecule has 0 spiro atoms. The highest BCUT2D eigenvalue weighted by Crippen LogP contribution is 2.32. The van der Waals surface area contributed by atoms with Crippen LogP contribution in [0.15, 0.2) is 54.1 Å². The van der Waals surface area contributed by atoms with Gasteiger partial charge >= 0.3 is 6.61 Å². The van der Waals surface area contributed by atoms with Crippen LogP contribution in [0, 0.1) is 0 Å². The molecule has 1 heterocycles. The second-order valence-corrected chi connectivity index (χ2v) is 6.19. The Kier molecular flexibility index (Phi) is 6.16. The van der Waals surface area contributed by atoms with Gasteiger partial charge in [0.1, 0.15) is 12.4 Å². The number of fused-ring (bicyclic) bond motifs is 1. The summed E-state index contributed by atoms with van der Waals surface area (Å²) in [5.41, 5.74) is 1.89. The van der Waals surface area contributed by atoms with Gasteiger partial charge in [-0.2, -0.15) is 8.78 Å². The van der Waals surface area contributed by atoms with E-state index in [0.29, 0.717) is 11.6 Å². The number of methoxy groups -OCH3 is 1. The lowest BCUT2D eigenvalue weighted by atomic mass is 10.1. The number of amides is 1. The summed E-state index contributed by atoms with van der Waals surface area (Å²) in [7, 11) is 1.33. The molecule has 0 atom stereocenters.